The van der Waals surface area contributed by atoms with E-state index in [0.29, 0.717) is 5.69 Å². The maximum atomic E-state index is 12.5. The van der Waals surface area contributed by atoms with Crippen LogP contribution in [0.1, 0.15) is 36.5 Å². The fraction of sp³-hybridized carbons (Fsp3) is 0.391. The molecule has 8 nitrogen and oxygen atoms in total. The third kappa shape index (κ3) is 5.66. The van der Waals surface area contributed by atoms with Gasteiger partial charge in [0.15, 0.2) is 0 Å². The molecule has 2 N–H and O–H groups in total. The summed E-state index contributed by atoms with van der Waals surface area (Å²) in [5.74, 6) is -0.794. The minimum atomic E-state index is -3.57. The highest BCUT2D eigenvalue weighted by molar-refractivity contribution is 7.89. The number of piperidine rings is 1. The number of nitrogens with one attached hydrogen (secondary N) is 2. The molecule has 1 saturated heterocycles. The average Bonchev–Trinajstić information content (AvgIpc) is 2.80. The van der Waals surface area contributed by atoms with Gasteiger partial charge in [-0.1, -0.05) is 0 Å². The van der Waals surface area contributed by atoms with Crippen LogP contribution < -0.4 is 15.5 Å². The highest BCUT2D eigenvalue weighted by Crippen LogP contribution is 2.22. The zero-order valence-corrected chi connectivity index (χ0v) is 19.5. The van der Waals surface area contributed by atoms with Crippen LogP contribution in [0.3, 0.4) is 0 Å². The van der Waals surface area contributed by atoms with Gasteiger partial charge in [0, 0.05) is 44.1 Å². The fourth-order valence-corrected chi connectivity index (χ4v) is 4.39. The Bertz CT molecular complexity index is 1040. The number of carbonyl (C=O) groups excluding carboxylic acids is 2. The summed E-state index contributed by atoms with van der Waals surface area (Å²) in [6, 6.07) is 12.5. The maximum absolute atomic E-state index is 12.5. The topological polar surface area (TPSA) is 98.8 Å². The standard InChI is InChI=1S/C23H30N4O4S/c1-17(24-23(29)18-7-13-21(14-8-18)32(30,31)26(2)3)22(28)25-19-9-11-20(12-10-19)27-15-5-4-6-16-27/h7-14,17H,4-6,15-16H2,1-3H3,(H,24,29)(H,25,28)/t17-/m1/s1. The van der Waals surface area contributed by atoms with E-state index in [4.69, 9.17) is 0 Å². The van der Waals surface area contributed by atoms with Crippen molar-refractivity contribution in [1.29, 1.82) is 0 Å². The molecule has 0 unspecified atom stereocenters. The van der Waals surface area contributed by atoms with Crippen LogP contribution in [0.2, 0.25) is 0 Å². The van der Waals surface area contributed by atoms with Gasteiger partial charge in [-0.15, -0.1) is 0 Å². The average molecular weight is 459 g/mol. The van der Waals surface area contributed by atoms with Crippen LogP contribution in [0.5, 0.6) is 0 Å². The predicted molar refractivity (Wildman–Crippen MR) is 125 cm³/mol. The predicted octanol–water partition coefficient (Wildman–Crippen LogP) is 2.68. The van der Waals surface area contributed by atoms with Crippen molar-refractivity contribution < 1.29 is 18.0 Å². The van der Waals surface area contributed by atoms with Gasteiger partial charge in [0.25, 0.3) is 5.91 Å². The van der Waals surface area contributed by atoms with Crippen molar-refractivity contribution in [2.45, 2.75) is 37.1 Å². The molecule has 2 aromatic carbocycles. The molecule has 0 saturated carbocycles. The maximum Gasteiger partial charge on any atom is 0.251 e. The van der Waals surface area contributed by atoms with Crippen molar-refractivity contribution in [3.63, 3.8) is 0 Å². The first-order valence-corrected chi connectivity index (χ1v) is 12.1. The number of nitrogens with zero attached hydrogens (tertiary/aromatic N) is 2. The first-order chi connectivity index (χ1) is 15.2. The highest BCUT2D eigenvalue weighted by Gasteiger charge is 2.20. The molecule has 9 heteroatoms. The summed E-state index contributed by atoms with van der Waals surface area (Å²) >= 11 is 0. The number of amides is 2. The van der Waals surface area contributed by atoms with Gasteiger partial charge >= 0.3 is 0 Å². The summed E-state index contributed by atoms with van der Waals surface area (Å²) in [6.07, 6.45) is 3.67. The van der Waals surface area contributed by atoms with Gasteiger partial charge < -0.3 is 15.5 Å². The number of rotatable bonds is 7. The molecule has 0 bridgehead atoms. The Balaban J connectivity index is 1.56. The summed E-state index contributed by atoms with van der Waals surface area (Å²) in [5.41, 5.74) is 2.08. The molecule has 3 rings (SSSR count). The van der Waals surface area contributed by atoms with E-state index in [-0.39, 0.29) is 16.4 Å². The van der Waals surface area contributed by atoms with Crippen LogP contribution in [-0.4, -0.2) is 57.8 Å². The number of anilines is 2. The van der Waals surface area contributed by atoms with E-state index in [2.05, 4.69) is 15.5 Å². The van der Waals surface area contributed by atoms with Gasteiger partial charge in [0.05, 0.1) is 4.90 Å². The van der Waals surface area contributed by atoms with Crippen molar-refractivity contribution in [2.75, 3.05) is 37.4 Å². The van der Waals surface area contributed by atoms with E-state index in [1.807, 2.05) is 24.3 Å². The molecular weight excluding hydrogens is 428 g/mol. The number of benzene rings is 2. The van der Waals surface area contributed by atoms with Crippen LogP contribution in [0.15, 0.2) is 53.4 Å². The molecule has 1 fully saturated rings. The smallest absolute Gasteiger partial charge is 0.251 e. The van der Waals surface area contributed by atoms with Gasteiger partial charge in [-0.05, 0) is 74.7 Å². The Labute approximate surface area is 189 Å². The minimum absolute atomic E-state index is 0.0952. The molecule has 172 valence electrons. The molecule has 1 heterocycles. The summed E-state index contributed by atoms with van der Waals surface area (Å²) < 4.78 is 25.4. The molecule has 1 aliphatic rings. The lowest BCUT2D eigenvalue weighted by Gasteiger charge is -2.28. The van der Waals surface area contributed by atoms with Crippen molar-refractivity contribution >= 4 is 33.2 Å². The van der Waals surface area contributed by atoms with E-state index < -0.39 is 22.0 Å². The van der Waals surface area contributed by atoms with Crippen molar-refractivity contribution in [3.8, 4) is 0 Å². The van der Waals surface area contributed by atoms with Gasteiger partial charge in [-0.2, -0.15) is 0 Å². The lowest BCUT2D eigenvalue weighted by Crippen LogP contribution is -2.41. The van der Waals surface area contributed by atoms with Crippen LogP contribution in [0.4, 0.5) is 11.4 Å². The Morgan fingerprint density at radius 2 is 1.53 bits per heavy atom. The lowest BCUT2D eigenvalue weighted by atomic mass is 10.1. The monoisotopic (exact) mass is 458 g/mol. The molecular formula is C23H30N4O4S. The summed E-state index contributed by atoms with van der Waals surface area (Å²) in [4.78, 5) is 27.4. The van der Waals surface area contributed by atoms with Gasteiger partial charge in [-0.3, -0.25) is 9.59 Å². The second-order valence-corrected chi connectivity index (χ2v) is 10.2. The first kappa shape index (κ1) is 23.7. The number of hydrogen-bond donors (Lipinski definition) is 2. The molecule has 0 spiro atoms. The SMILES string of the molecule is C[C@@H](NC(=O)c1ccc(S(=O)(=O)N(C)C)cc1)C(=O)Nc1ccc(N2CCCCC2)cc1. The third-order valence-electron chi connectivity index (χ3n) is 5.49. The summed E-state index contributed by atoms with van der Waals surface area (Å²) in [7, 11) is -0.683. The molecule has 2 aromatic rings. The number of sulfonamides is 1. The lowest BCUT2D eigenvalue weighted by molar-refractivity contribution is -0.117. The zero-order chi connectivity index (χ0) is 23.3. The van der Waals surface area contributed by atoms with E-state index in [1.165, 1.54) is 57.6 Å². The van der Waals surface area contributed by atoms with Crippen molar-refractivity contribution in [2.24, 2.45) is 0 Å². The van der Waals surface area contributed by atoms with E-state index in [0.717, 1.165) is 23.1 Å². The second-order valence-electron chi connectivity index (χ2n) is 8.09. The Morgan fingerprint density at radius 1 is 0.938 bits per heavy atom. The number of hydrogen-bond acceptors (Lipinski definition) is 5. The Hall–Kier alpha value is -2.91. The highest BCUT2D eigenvalue weighted by atomic mass is 32.2. The van der Waals surface area contributed by atoms with Gasteiger partial charge in [0.1, 0.15) is 6.04 Å². The van der Waals surface area contributed by atoms with Crippen LogP contribution in [-0.2, 0) is 14.8 Å². The molecule has 0 aromatic heterocycles. The normalized spacial score (nSPS) is 15.3. The van der Waals surface area contributed by atoms with Crippen molar-refractivity contribution in [3.05, 3.63) is 54.1 Å². The van der Waals surface area contributed by atoms with Gasteiger partial charge in [-0.25, -0.2) is 12.7 Å². The third-order valence-corrected chi connectivity index (χ3v) is 7.32. The molecule has 0 aliphatic carbocycles. The second kappa shape index (κ2) is 10.1. The van der Waals surface area contributed by atoms with Crippen LogP contribution >= 0.6 is 0 Å². The summed E-state index contributed by atoms with van der Waals surface area (Å²) in [5, 5.41) is 5.45. The molecule has 0 radical (unpaired) electrons. The van der Waals surface area contributed by atoms with E-state index in [1.54, 1.807) is 6.92 Å². The molecule has 1 aliphatic heterocycles. The number of carbonyl (C=O) groups is 2. The minimum Gasteiger partial charge on any atom is -0.372 e. The van der Waals surface area contributed by atoms with Crippen LogP contribution in [0.25, 0.3) is 0 Å². The fourth-order valence-electron chi connectivity index (χ4n) is 3.49. The molecule has 2 amide bonds. The molecule has 32 heavy (non-hydrogen) atoms. The Morgan fingerprint density at radius 3 is 2.09 bits per heavy atom. The Kier molecular flexibility index (Phi) is 7.52. The van der Waals surface area contributed by atoms with Crippen molar-refractivity contribution in [1.82, 2.24) is 9.62 Å². The quantitative estimate of drug-likeness (QED) is 0.665. The van der Waals surface area contributed by atoms with Crippen LogP contribution in [0, 0.1) is 0 Å². The zero-order valence-electron chi connectivity index (χ0n) is 18.7. The van der Waals surface area contributed by atoms with E-state index in [9.17, 15) is 18.0 Å². The van der Waals surface area contributed by atoms with Gasteiger partial charge in [0.2, 0.25) is 15.9 Å². The largest absolute Gasteiger partial charge is 0.372 e. The van der Waals surface area contributed by atoms with E-state index >= 15 is 0 Å². The first-order valence-electron chi connectivity index (χ1n) is 10.7. The summed E-state index contributed by atoms with van der Waals surface area (Å²) in [6.45, 7) is 3.70. The molecule has 1 atom stereocenters.